The predicted octanol–water partition coefficient (Wildman–Crippen LogP) is 3.02. The van der Waals surface area contributed by atoms with Gasteiger partial charge in [-0.3, -0.25) is 4.98 Å². The molecule has 0 aliphatic heterocycles. The Morgan fingerprint density at radius 1 is 1.25 bits per heavy atom. The van der Waals surface area contributed by atoms with Crippen LogP contribution in [0.5, 0.6) is 5.75 Å². The number of ether oxygens (including phenoxy) is 2. The van der Waals surface area contributed by atoms with E-state index in [1.165, 1.54) is 0 Å². The van der Waals surface area contributed by atoms with E-state index < -0.39 is 0 Å². The second-order valence-corrected chi connectivity index (χ2v) is 5.32. The maximum atomic E-state index is 5.77. The molecule has 0 unspecified atom stereocenters. The number of hydrogen-bond acceptors (Lipinski definition) is 4. The molecule has 114 valence electrons. The third-order valence-corrected chi connectivity index (χ3v) is 2.85. The van der Waals surface area contributed by atoms with Crippen molar-refractivity contribution < 1.29 is 9.47 Å². The van der Waals surface area contributed by atoms with Gasteiger partial charge in [0.05, 0.1) is 6.61 Å². The van der Waals surface area contributed by atoms with Gasteiger partial charge in [-0.2, -0.15) is 0 Å². The summed E-state index contributed by atoms with van der Waals surface area (Å²) >= 11 is 0. The second-order valence-electron chi connectivity index (χ2n) is 5.32. The summed E-state index contributed by atoms with van der Waals surface area (Å²) in [7, 11) is 0. The van der Waals surface area contributed by atoms with Gasteiger partial charge in [-0.25, -0.2) is 0 Å². The summed E-state index contributed by atoms with van der Waals surface area (Å²) in [5.74, 6) is 1.54. The van der Waals surface area contributed by atoms with E-state index in [1.807, 2.05) is 12.3 Å². The van der Waals surface area contributed by atoms with Crippen LogP contribution in [0.1, 0.15) is 39.2 Å². The zero-order chi connectivity index (χ0) is 14.6. The van der Waals surface area contributed by atoms with Gasteiger partial charge in [-0.1, -0.05) is 27.2 Å². The summed E-state index contributed by atoms with van der Waals surface area (Å²) in [5.41, 5.74) is 1.10. The number of nitrogens with zero attached hydrogens (tertiary/aromatic N) is 1. The maximum Gasteiger partial charge on any atom is 0.126 e. The fourth-order valence-corrected chi connectivity index (χ4v) is 1.74. The molecule has 0 aromatic carbocycles. The van der Waals surface area contributed by atoms with Crippen molar-refractivity contribution in [2.75, 3.05) is 26.4 Å². The monoisotopic (exact) mass is 280 g/mol. The average Bonchev–Trinajstić information content (AvgIpc) is 2.44. The van der Waals surface area contributed by atoms with Crippen LogP contribution in [0.4, 0.5) is 0 Å². The first kappa shape index (κ1) is 16.9. The quantitative estimate of drug-likeness (QED) is 0.633. The standard InChI is InChI=1S/C16H28N2O2/c1-4-5-8-19-9-10-20-16-6-7-17-12-15(16)13-18-11-14(2)3/h6-7,12,14,18H,4-5,8-11,13H2,1-3H3. The molecule has 20 heavy (non-hydrogen) atoms. The summed E-state index contributed by atoms with van der Waals surface area (Å²) in [6, 6.07) is 1.92. The molecular formula is C16H28N2O2. The molecule has 0 aliphatic carbocycles. The zero-order valence-corrected chi connectivity index (χ0v) is 13.0. The highest BCUT2D eigenvalue weighted by molar-refractivity contribution is 5.29. The van der Waals surface area contributed by atoms with Crippen LogP contribution in [-0.2, 0) is 11.3 Å². The van der Waals surface area contributed by atoms with Gasteiger partial charge < -0.3 is 14.8 Å². The molecule has 0 amide bonds. The van der Waals surface area contributed by atoms with E-state index in [9.17, 15) is 0 Å². The van der Waals surface area contributed by atoms with Gasteiger partial charge in [0.2, 0.25) is 0 Å². The summed E-state index contributed by atoms with van der Waals surface area (Å²) in [6.45, 7) is 10.4. The van der Waals surface area contributed by atoms with Crippen molar-refractivity contribution in [3.8, 4) is 5.75 Å². The molecule has 1 heterocycles. The average molecular weight is 280 g/mol. The first-order valence-corrected chi connectivity index (χ1v) is 7.58. The molecule has 0 fully saturated rings. The van der Waals surface area contributed by atoms with E-state index in [0.717, 1.165) is 43.9 Å². The molecule has 4 heteroatoms. The first-order valence-electron chi connectivity index (χ1n) is 7.58. The molecule has 1 rings (SSSR count). The Morgan fingerprint density at radius 3 is 2.85 bits per heavy atom. The molecule has 0 radical (unpaired) electrons. The van der Waals surface area contributed by atoms with E-state index in [1.54, 1.807) is 6.20 Å². The highest BCUT2D eigenvalue weighted by atomic mass is 16.5. The van der Waals surface area contributed by atoms with E-state index in [-0.39, 0.29) is 0 Å². The van der Waals surface area contributed by atoms with E-state index >= 15 is 0 Å². The summed E-state index contributed by atoms with van der Waals surface area (Å²) in [5, 5.41) is 3.41. The van der Waals surface area contributed by atoms with Gasteiger partial charge in [-0.05, 0) is 24.9 Å². The van der Waals surface area contributed by atoms with Gasteiger partial charge >= 0.3 is 0 Å². The smallest absolute Gasteiger partial charge is 0.126 e. The minimum absolute atomic E-state index is 0.588. The van der Waals surface area contributed by atoms with E-state index in [2.05, 4.69) is 31.1 Å². The Kier molecular flexibility index (Phi) is 9.00. The number of nitrogens with one attached hydrogen (secondary N) is 1. The minimum Gasteiger partial charge on any atom is -0.491 e. The largest absolute Gasteiger partial charge is 0.491 e. The first-order chi connectivity index (χ1) is 9.74. The van der Waals surface area contributed by atoms with E-state index in [0.29, 0.717) is 19.1 Å². The van der Waals surface area contributed by atoms with Gasteiger partial charge in [-0.15, -0.1) is 0 Å². The lowest BCUT2D eigenvalue weighted by molar-refractivity contribution is 0.0976. The lowest BCUT2D eigenvalue weighted by atomic mass is 10.2. The Bertz CT molecular complexity index is 356. The van der Waals surface area contributed by atoms with Crippen molar-refractivity contribution >= 4 is 0 Å². The fourth-order valence-electron chi connectivity index (χ4n) is 1.74. The molecular weight excluding hydrogens is 252 g/mol. The van der Waals surface area contributed by atoms with Crippen LogP contribution < -0.4 is 10.1 Å². The van der Waals surface area contributed by atoms with E-state index in [4.69, 9.17) is 9.47 Å². The van der Waals surface area contributed by atoms with Crippen molar-refractivity contribution in [3.63, 3.8) is 0 Å². The van der Waals surface area contributed by atoms with Crippen LogP contribution in [0.2, 0.25) is 0 Å². The predicted molar refractivity (Wildman–Crippen MR) is 82.0 cm³/mol. The van der Waals surface area contributed by atoms with Gasteiger partial charge in [0.1, 0.15) is 12.4 Å². The van der Waals surface area contributed by atoms with Gasteiger partial charge in [0.15, 0.2) is 0 Å². The normalized spacial score (nSPS) is 11.0. The molecule has 0 bridgehead atoms. The number of rotatable bonds is 11. The molecule has 1 aromatic heterocycles. The zero-order valence-electron chi connectivity index (χ0n) is 13.0. The SMILES string of the molecule is CCCCOCCOc1ccncc1CNCC(C)C. The van der Waals surface area contributed by atoms with Crippen LogP contribution in [0.15, 0.2) is 18.5 Å². The number of hydrogen-bond donors (Lipinski definition) is 1. The second kappa shape index (κ2) is 10.6. The van der Waals surface area contributed by atoms with Crippen molar-refractivity contribution in [1.29, 1.82) is 0 Å². The molecule has 0 saturated carbocycles. The lowest BCUT2D eigenvalue weighted by Crippen LogP contribution is -2.19. The minimum atomic E-state index is 0.588. The summed E-state index contributed by atoms with van der Waals surface area (Å²) in [6.07, 6.45) is 5.90. The highest BCUT2D eigenvalue weighted by Crippen LogP contribution is 2.16. The molecule has 1 aromatic rings. The number of unbranched alkanes of at least 4 members (excludes halogenated alkanes) is 1. The molecule has 0 spiro atoms. The van der Waals surface area contributed by atoms with Gasteiger partial charge in [0.25, 0.3) is 0 Å². The van der Waals surface area contributed by atoms with Crippen molar-refractivity contribution in [2.24, 2.45) is 5.92 Å². The Labute approximate surface area is 122 Å². The topological polar surface area (TPSA) is 43.4 Å². The number of pyridine rings is 1. The molecule has 0 atom stereocenters. The molecule has 1 N–H and O–H groups in total. The van der Waals surface area contributed by atoms with Crippen molar-refractivity contribution in [2.45, 2.75) is 40.2 Å². The van der Waals surface area contributed by atoms with Crippen LogP contribution in [0.25, 0.3) is 0 Å². The summed E-state index contributed by atoms with van der Waals surface area (Å²) < 4.78 is 11.3. The Hall–Kier alpha value is -1.13. The maximum absolute atomic E-state index is 5.77. The fraction of sp³-hybridized carbons (Fsp3) is 0.688. The third kappa shape index (κ3) is 7.46. The summed E-state index contributed by atoms with van der Waals surface area (Å²) in [4.78, 5) is 4.16. The van der Waals surface area contributed by atoms with Gasteiger partial charge in [0, 0.05) is 31.1 Å². The molecule has 0 aliphatic rings. The Balaban J connectivity index is 2.29. The van der Waals surface area contributed by atoms with Crippen molar-refractivity contribution in [1.82, 2.24) is 10.3 Å². The lowest BCUT2D eigenvalue weighted by Gasteiger charge is -2.12. The van der Waals surface area contributed by atoms with Crippen LogP contribution in [-0.4, -0.2) is 31.3 Å². The molecule has 0 saturated heterocycles. The van der Waals surface area contributed by atoms with Crippen molar-refractivity contribution in [3.05, 3.63) is 24.0 Å². The third-order valence-electron chi connectivity index (χ3n) is 2.85. The highest BCUT2D eigenvalue weighted by Gasteiger charge is 2.04. The Morgan fingerprint density at radius 2 is 2.10 bits per heavy atom. The van der Waals surface area contributed by atoms with Crippen LogP contribution in [0.3, 0.4) is 0 Å². The number of aromatic nitrogens is 1. The van der Waals surface area contributed by atoms with Crippen LogP contribution >= 0.6 is 0 Å². The molecule has 4 nitrogen and oxygen atoms in total. The van der Waals surface area contributed by atoms with Crippen LogP contribution in [0, 0.1) is 5.92 Å².